The van der Waals surface area contributed by atoms with Crippen LogP contribution in [0.5, 0.6) is 0 Å². The SMILES string of the molecule is CNC(=O)NCC#Cc1cccc(C(=O)NC(O)[C@H](C)c2c[nH]c3ccccc23)c1. The molecule has 7 heteroatoms. The van der Waals surface area contributed by atoms with Gasteiger partial charge >= 0.3 is 6.03 Å². The number of H-pyrrole nitrogens is 1. The molecule has 1 aromatic heterocycles. The topological polar surface area (TPSA) is 106 Å². The van der Waals surface area contributed by atoms with Gasteiger partial charge in [-0.1, -0.05) is 43.0 Å². The monoisotopic (exact) mass is 404 g/mol. The molecule has 7 nitrogen and oxygen atoms in total. The number of fused-ring (bicyclic) bond motifs is 1. The van der Waals surface area contributed by atoms with Crippen LogP contribution in [0, 0.1) is 11.8 Å². The fraction of sp³-hybridized carbons (Fsp3) is 0.217. The van der Waals surface area contributed by atoms with E-state index in [-0.39, 0.29) is 24.4 Å². The number of benzene rings is 2. The van der Waals surface area contributed by atoms with Crippen molar-refractivity contribution in [2.45, 2.75) is 19.1 Å². The third-order valence-electron chi connectivity index (χ3n) is 4.79. The summed E-state index contributed by atoms with van der Waals surface area (Å²) in [7, 11) is 1.53. The Balaban J connectivity index is 1.65. The minimum Gasteiger partial charge on any atom is -0.373 e. The Bertz CT molecular complexity index is 1110. The van der Waals surface area contributed by atoms with Gasteiger partial charge in [-0.05, 0) is 29.8 Å². The van der Waals surface area contributed by atoms with Crippen LogP contribution < -0.4 is 16.0 Å². The van der Waals surface area contributed by atoms with Crippen LogP contribution in [0.1, 0.15) is 34.3 Å². The number of aromatic amines is 1. The number of aliphatic hydroxyl groups is 1. The van der Waals surface area contributed by atoms with Gasteiger partial charge in [0.05, 0.1) is 6.54 Å². The van der Waals surface area contributed by atoms with Crippen LogP contribution in [-0.4, -0.2) is 41.8 Å². The smallest absolute Gasteiger partial charge is 0.315 e. The molecule has 0 bridgehead atoms. The quantitative estimate of drug-likeness (QED) is 0.333. The van der Waals surface area contributed by atoms with E-state index in [4.69, 9.17) is 0 Å². The van der Waals surface area contributed by atoms with Crippen molar-refractivity contribution in [3.63, 3.8) is 0 Å². The lowest BCUT2D eigenvalue weighted by Gasteiger charge is -2.20. The molecule has 0 saturated heterocycles. The molecular formula is C23H24N4O3. The molecule has 154 valence electrons. The molecule has 2 atom stereocenters. The van der Waals surface area contributed by atoms with Gasteiger partial charge in [-0.3, -0.25) is 4.79 Å². The second kappa shape index (κ2) is 9.63. The van der Waals surface area contributed by atoms with Crippen LogP contribution >= 0.6 is 0 Å². The lowest BCUT2D eigenvalue weighted by Crippen LogP contribution is -2.38. The number of carbonyl (C=O) groups is 2. The molecule has 2 aromatic carbocycles. The summed E-state index contributed by atoms with van der Waals surface area (Å²) in [5.41, 5.74) is 2.95. The molecule has 0 spiro atoms. The minimum absolute atomic E-state index is 0.191. The van der Waals surface area contributed by atoms with Crippen molar-refractivity contribution in [3.8, 4) is 11.8 Å². The average Bonchev–Trinajstić information content (AvgIpc) is 3.20. The minimum atomic E-state index is -1.05. The van der Waals surface area contributed by atoms with E-state index in [1.54, 1.807) is 24.3 Å². The number of nitrogens with one attached hydrogen (secondary N) is 4. The first-order valence-electron chi connectivity index (χ1n) is 9.59. The molecule has 0 aliphatic rings. The normalized spacial score (nSPS) is 12.4. The van der Waals surface area contributed by atoms with Crippen molar-refractivity contribution < 1.29 is 14.7 Å². The van der Waals surface area contributed by atoms with Gasteiger partial charge in [0, 0.05) is 41.2 Å². The highest BCUT2D eigenvalue weighted by molar-refractivity contribution is 5.94. The Morgan fingerprint density at radius 1 is 1.17 bits per heavy atom. The Hall–Kier alpha value is -3.76. The Kier molecular flexibility index (Phi) is 6.73. The summed E-state index contributed by atoms with van der Waals surface area (Å²) in [5.74, 6) is 5.03. The number of hydrogen-bond donors (Lipinski definition) is 5. The molecule has 0 aliphatic carbocycles. The van der Waals surface area contributed by atoms with Crippen LogP contribution in [0.25, 0.3) is 10.9 Å². The van der Waals surface area contributed by atoms with E-state index in [2.05, 4.69) is 32.8 Å². The molecule has 5 N–H and O–H groups in total. The molecule has 1 heterocycles. The predicted octanol–water partition coefficient (Wildman–Crippen LogP) is 2.30. The summed E-state index contributed by atoms with van der Waals surface area (Å²) in [6.45, 7) is 2.05. The summed E-state index contributed by atoms with van der Waals surface area (Å²) in [5, 5.41) is 19.3. The van der Waals surface area contributed by atoms with Gasteiger partial charge in [-0.25, -0.2) is 4.79 Å². The van der Waals surface area contributed by atoms with E-state index >= 15 is 0 Å². The van der Waals surface area contributed by atoms with Crippen LogP contribution in [0.2, 0.25) is 0 Å². The van der Waals surface area contributed by atoms with E-state index in [0.717, 1.165) is 16.5 Å². The standard InChI is InChI=1S/C23H24N4O3/c1-15(19-14-26-20-11-4-3-10-18(19)20)21(28)27-22(29)17-9-5-7-16(13-17)8-6-12-25-23(30)24-2/h3-5,7,9-11,13-15,21,26,28H,12H2,1-2H3,(H,27,29)(H2,24,25,30)/t15-,21?/m1/s1. The van der Waals surface area contributed by atoms with Crippen molar-refractivity contribution in [2.75, 3.05) is 13.6 Å². The van der Waals surface area contributed by atoms with E-state index in [1.165, 1.54) is 7.05 Å². The number of carbonyl (C=O) groups excluding carboxylic acids is 2. The van der Waals surface area contributed by atoms with E-state index in [0.29, 0.717) is 11.1 Å². The van der Waals surface area contributed by atoms with Gasteiger partial charge in [0.15, 0.2) is 0 Å². The molecule has 0 fully saturated rings. The van der Waals surface area contributed by atoms with Crippen molar-refractivity contribution in [1.29, 1.82) is 0 Å². The van der Waals surface area contributed by atoms with Crippen LogP contribution in [-0.2, 0) is 0 Å². The average molecular weight is 404 g/mol. The molecule has 1 unspecified atom stereocenters. The zero-order valence-corrected chi connectivity index (χ0v) is 16.8. The Morgan fingerprint density at radius 3 is 2.77 bits per heavy atom. The van der Waals surface area contributed by atoms with Crippen molar-refractivity contribution in [1.82, 2.24) is 20.9 Å². The zero-order chi connectivity index (χ0) is 21.5. The second-order valence-electron chi connectivity index (χ2n) is 6.81. The fourth-order valence-corrected chi connectivity index (χ4v) is 3.08. The number of urea groups is 1. The second-order valence-corrected chi connectivity index (χ2v) is 6.81. The lowest BCUT2D eigenvalue weighted by atomic mass is 9.98. The molecule has 0 saturated carbocycles. The number of rotatable bonds is 5. The van der Waals surface area contributed by atoms with Crippen LogP contribution in [0.4, 0.5) is 4.79 Å². The van der Waals surface area contributed by atoms with E-state index < -0.39 is 6.23 Å². The number of hydrogen-bond acceptors (Lipinski definition) is 3. The highest BCUT2D eigenvalue weighted by atomic mass is 16.3. The fourth-order valence-electron chi connectivity index (χ4n) is 3.08. The summed E-state index contributed by atoms with van der Waals surface area (Å²) < 4.78 is 0. The maximum absolute atomic E-state index is 12.6. The third kappa shape index (κ3) is 4.99. The highest BCUT2D eigenvalue weighted by Gasteiger charge is 2.21. The third-order valence-corrected chi connectivity index (χ3v) is 4.79. The lowest BCUT2D eigenvalue weighted by molar-refractivity contribution is 0.0728. The molecule has 0 radical (unpaired) electrons. The molecular weight excluding hydrogens is 380 g/mol. The number of amides is 3. The van der Waals surface area contributed by atoms with Crippen molar-refractivity contribution >= 4 is 22.8 Å². The summed E-state index contributed by atoms with van der Waals surface area (Å²) in [4.78, 5) is 26.9. The maximum Gasteiger partial charge on any atom is 0.315 e. The first-order chi connectivity index (χ1) is 14.5. The van der Waals surface area contributed by atoms with Crippen molar-refractivity contribution in [2.24, 2.45) is 0 Å². The van der Waals surface area contributed by atoms with E-state index in [1.807, 2.05) is 37.4 Å². The van der Waals surface area contributed by atoms with Gasteiger partial charge in [-0.15, -0.1) is 0 Å². The number of aromatic nitrogens is 1. The first-order valence-corrected chi connectivity index (χ1v) is 9.59. The first kappa shape index (κ1) is 21.0. The largest absolute Gasteiger partial charge is 0.373 e. The van der Waals surface area contributed by atoms with Crippen molar-refractivity contribution in [3.05, 3.63) is 71.4 Å². The molecule has 3 rings (SSSR count). The summed E-state index contributed by atoms with van der Waals surface area (Å²) in [6.07, 6.45) is 0.802. The van der Waals surface area contributed by atoms with Gasteiger partial charge in [0.1, 0.15) is 6.23 Å². The van der Waals surface area contributed by atoms with Gasteiger partial charge in [0.25, 0.3) is 5.91 Å². The highest BCUT2D eigenvalue weighted by Crippen LogP contribution is 2.27. The molecule has 3 aromatic rings. The van der Waals surface area contributed by atoms with Gasteiger partial charge in [-0.2, -0.15) is 0 Å². The molecule has 0 aliphatic heterocycles. The van der Waals surface area contributed by atoms with Crippen LogP contribution in [0.15, 0.2) is 54.7 Å². The maximum atomic E-state index is 12.6. The number of aliphatic hydroxyl groups excluding tert-OH is 1. The van der Waals surface area contributed by atoms with Gasteiger partial charge < -0.3 is 26.0 Å². The predicted molar refractivity (Wildman–Crippen MR) is 116 cm³/mol. The number of para-hydroxylation sites is 1. The van der Waals surface area contributed by atoms with Crippen LogP contribution in [0.3, 0.4) is 0 Å². The summed E-state index contributed by atoms with van der Waals surface area (Å²) in [6, 6.07) is 14.3. The Labute approximate surface area is 174 Å². The molecule has 30 heavy (non-hydrogen) atoms. The zero-order valence-electron chi connectivity index (χ0n) is 16.8. The van der Waals surface area contributed by atoms with Gasteiger partial charge in [0.2, 0.25) is 0 Å². The molecule has 3 amide bonds. The van der Waals surface area contributed by atoms with E-state index in [9.17, 15) is 14.7 Å². The Morgan fingerprint density at radius 2 is 1.97 bits per heavy atom. The summed E-state index contributed by atoms with van der Waals surface area (Å²) >= 11 is 0.